The number of aliphatic hydroxyl groups excluding tert-OH is 1. The number of aliphatic hydroxyl groups is 1. The predicted molar refractivity (Wildman–Crippen MR) is 191 cm³/mol. The van der Waals surface area contributed by atoms with Crippen LogP contribution in [0.4, 0.5) is 14.6 Å². The van der Waals surface area contributed by atoms with Crippen molar-refractivity contribution < 1.29 is 41.9 Å². The van der Waals surface area contributed by atoms with Gasteiger partial charge in [0.1, 0.15) is 11.9 Å². The number of ether oxygens (including phenoxy) is 2. The number of hydrogen-bond acceptors (Lipinski definition) is 10. The molecule has 5 atom stereocenters. The molecule has 1 aromatic rings. The first-order valence-corrected chi connectivity index (χ1v) is 21.0. The van der Waals surface area contributed by atoms with E-state index in [0.29, 0.717) is 16.9 Å². The highest BCUT2D eigenvalue weighted by Crippen LogP contribution is 2.47. The van der Waals surface area contributed by atoms with Gasteiger partial charge in [0.05, 0.1) is 19.3 Å². The number of nitrogen functional groups attached to an aromatic ring is 1. The van der Waals surface area contributed by atoms with Crippen LogP contribution in [0.5, 0.6) is 0 Å². The molecule has 0 aromatic carbocycles. The van der Waals surface area contributed by atoms with E-state index in [4.69, 9.17) is 24.3 Å². The highest BCUT2D eigenvalue weighted by Gasteiger charge is 2.60. The molecule has 49 heavy (non-hydrogen) atoms. The summed E-state index contributed by atoms with van der Waals surface area (Å²) in [6.45, 7) is 3.82. The van der Waals surface area contributed by atoms with Gasteiger partial charge in [0.2, 0.25) is 6.23 Å². The van der Waals surface area contributed by atoms with Crippen molar-refractivity contribution in [3.05, 3.63) is 22.7 Å². The van der Waals surface area contributed by atoms with Crippen LogP contribution in [0.1, 0.15) is 136 Å². The predicted octanol–water partition coefficient (Wildman–Crippen LogP) is 8.03. The van der Waals surface area contributed by atoms with Crippen molar-refractivity contribution in [3.63, 3.8) is 0 Å². The van der Waals surface area contributed by atoms with Crippen LogP contribution in [-0.2, 0) is 23.1 Å². The van der Waals surface area contributed by atoms with Gasteiger partial charge >= 0.3 is 19.4 Å². The van der Waals surface area contributed by atoms with E-state index in [1.807, 2.05) is 0 Å². The maximum Gasteiger partial charge on any atom is 0.472 e. The van der Waals surface area contributed by atoms with Crippen LogP contribution < -0.4 is 11.4 Å². The third-order valence-corrected chi connectivity index (χ3v) is 10.7. The lowest BCUT2D eigenvalue weighted by Crippen LogP contribution is -2.42. The zero-order valence-corrected chi connectivity index (χ0v) is 31.4. The molecule has 0 amide bonds. The average Bonchev–Trinajstić information content (AvgIpc) is 3.29. The van der Waals surface area contributed by atoms with Gasteiger partial charge in [-0.15, -0.1) is 0 Å². The molecule has 1 aliphatic rings. The standard InChI is InChI=1S/C34H62F2N3O8PS/c1-3-5-7-9-11-13-14-16-18-20-24-49-27-28(44-23-19-17-15-12-10-8-6-4-2)25-45-48(42,43)46-26-29-31(40)34(35,36)32(47-29)39-22-21-30(37)38-33(39)41/h21-22,28-29,31-32,40H,3-20,23-27H2,1-2H3,(H,42,43)(H2,37,38,41)/t28?,29-,31-,32-/m1/s1. The second-order valence-electron chi connectivity index (χ2n) is 13.0. The van der Waals surface area contributed by atoms with Gasteiger partial charge in [0.25, 0.3) is 0 Å². The minimum Gasteiger partial charge on any atom is -0.384 e. The number of thioether (sulfide) groups is 1. The van der Waals surface area contributed by atoms with E-state index in [0.717, 1.165) is 43.7 Å². The number of phosphoric ester groups is 1. The molecule has 0 bridgehead atoms. The highest BCUT2D eigenvalue weighted by molar-refractivity contribution is 7.99. The Hall–Kier alpha value is -1.12. The Morgan fingerprint density at radius 2 is 1.51 bits per heavy atom. The Morgan fingerprint density at radius 1 is 0.959 bits per heavy atom. The number of aromatic nitrogens is 2. The number of nitrogens with two attached hydrogens (primary N) is 1. The minimum absolute atomic E-state index is 0.168. The molecule has 0 aliphatic carbocycles. The fraction of sp³-hybridized carbons (Fsp3) is 0.882. The fourth-order valence-electron chi connectivity index (χ4n) is 5.63. The van der Waals surface area contributed by atoms with Crippen LogP contribution in [-0.4, -0.2) is 75.1 Å². The van der Waals surface area contributed by atoms with Gasteiger partial charge in [-0.05, 0) is 24.7 Å². The van der Waals surface area contributed by atoms with Gasteiger partial charge in [-0.3, -0.25) is 13.6 Å². The first-order valence-electron chi connectivity index (χ1n) is 18.4. The van der Waals surface area contributed by atoms with E-state index < -0.39 is 50.6 Å². The van der Waals surface area contributed by atoms with Crippen molar-refractivity contribution in [2.24, 2.45) is 0 Å². The summed E-state index contributed by atoms with van der Waals surface area (Å²) in [5.41, 5.74) is 4.33. The summed E-state index contributed by atoms with van der Waals surface area (Å²) < 4.78 is 64.3. The van der Waals surface area contributed by atoms with Gasteiger partial charge in [0.15, 0.2) is 6.10 Å². The third kappa shape index (κ3) is 17.8. The second kappa shape index (κ2) is 25.0. The van der Waals surface area contributed by atoms with E-state index in [-0.39, 0.29) is 12.4 Å². The van der Waals surface area contributed by atoms with Crippen LogP contribution in [0.2, 0.25) is 0 Å². The minimum atomic E-state index is -4.73. The van der Waals surface area contributed by atoms with Gasteiger partial charge in [-0.2, -0.15) is 25.5 Å². The molecule has 2 heterocycles. The molecular formula is C34H62F2N3O8PS. The molecule has 0 spiro atoms. The Morgan fingerprint density at radius 3 is 2.08 bits per heavy atom. The largest absolute Gasteiger partial charge is 0.472 e. The molecule has 0 radical (unpaired) electrons. The first-order chi connectivity index (χ1) is 23.5. The molecule has 4 N–H and O–H groups in total. The third-order valence-electron chi connectivity index (χ3n) is 8.61. The number of phosphoric acid groups is 1. The second-order valence-corrected chi connectivity index (χ2v) is 15.6. The molecule has 11 nitrogen and oxygen atoms in total. The van der Waals surface area contributed by atoms with Crippen molar-refractivity contribution in [2.75, 3.05) is 37.1 Å². The molecule has 1 saturated heterocycles. The van der Waals surface area contributed by atoms with Gasteiger partial charge in [-0.1, -0.05) is 117 Å². The lowest BCUT2D eigenvalue weighted by atomic mass is 10.1. The number of unbranched alkanes of at least 4 members (excludes halogenated alkanes) is 16. The van der Waals surface area contributed by atoms with Crippen molar-refractivity contribution in [2.45, 2.75) is 160 Å². The van der Waals surface area contributed by atoms with Crippen LogP contribution in [0.25, 0.3) is 0 Å². The molecule has 286 valence electrons. The Bertz CT molecular complexity index is 1120. The summed E-state index contributed by atoms with van der Waals surface area (Å²) in [7, 11) is -4.73. The maximum absolute atomic E-state index is 14.8. The Kier molecular flexibility index (Phi) is 22.4. The lowest BCUT2D eigenvalue weighted by Gasteiger charge is -2.21. The molecule has 1 fully saturated rings. The van der Waals surface area contributed by atoms with Crippen molar-refractivity contribution >= 4 is 25.4 Å². The summed E-state index contributed by atoms with van der Waals surface area (Å²) in [4.78, 5) is 25.9. The maximum atomic E-state index is 14.8. The summed E-state index contributed by atoms with van der Waals surface area (Å²) in [6.07, 6.45) is 16.0. The average molecular weight is 742 g/mol. The molecule has 1 aromatic heterocycles. The molecule has 15 heteroatoms. The lowest BCUT2D eigenvalue weighted by molar-refractivity contribution is -0.140. The number of rotatable bonds is 30. The van der Waals surface area contributed by atoms with Crippen LogP contribution in [0.15, 0.2) is 17.1 Å². The fourth-order valence-corrected chi connectivity index (χ4v) is 7.42. The van der Waals surface area contributed by atoms with E-state index in [9.17, 15) is 28.1 Å². The quantitative estimate of drug-likeness (QED) is 0.0518. The monoisotopic (exact) mass is 741 g/mol. The number of alkyl halides is 2. The normalized spacial score (nSPS) is 20.8. The number of nitrogens with zero attached hydrogens (tertiary/aromatic N) is 2. The summed E-state index contributed by atoms with van der Waals surface area (Å²) in [6, 6.07) is 1.13. The molecule has 1 aliphatic heterocycles. The topological polar surface area (TPSA) is 155 Å². The van der Waals surface area contributed by atoms with Gasteiger partial charge in [0, 0.05) is 18.6 Å². The number of anilines is 1. The molecule has 2 rings (SSSR count). The Labute approximate surface area is 296 Å². The highest BCUT2D eigenvalue weighted by atomic mass is 32.2. The van der Waals surface area contributed by atoms with E-state index in [1.165, 1.54) is 89.9 Å². The van der Waals surface area contributed by atoms with E-state index >= 15 is 0 Å². The van der Waals surface area contributed by atoms with Crippen LogP contribution in [0, 0.1) is 0 Å². The van der Waals surface area contributed by atoms with Crippen molar-refractivity contribution in [1.29, 1.82) is 0 Å². The number of halogens is 2. The summed E-state index contributed by atoms with van der Waals surface area (Å²) in [5.74, 6) is -2.58. The van der Waals surface area contributed by atoms with Crippen molar-refractivity contribution in [3.8, 4) is 0 Å². The zero-order chi connectivity index (χ0) is 36.0. The van der Waals surface area contributed by atoms with Crippen LogP contribution >= 0.6 is 19.6 Å². The molecular weight excluding hydrogens is 679 g/mol. The Balaban J connectivity index is 1.79. The first kappa shape index (κ1) is 44.0. The number of hydrogen-bond donors (Lipinski definition) is 3. The van der Waals surface area contributed by atoms with Crippen LogP contribution in [0.3, 0.4) is 0 Å². The van der Waals surface area contributed by atoms with Gasteiger partial charge < -0.3 is 25.2 Å². The molecule has 0 saturated carbocycles. The summed E-state index contributed by atoms with van der Waals surface area (Å²) in [5, 5.41) is 10.2. The van der Waals surface area contributed by atoms with E-state index in [2.05, 4.69) is 18.8 Å². The SMILES string of the molecule is CCCCCCCCCCCCSCC(COP(=O)(O)OC[C@H]1O[C@@H](n2ccc(N)nc2=O)C(F)(F)[C@@H]1O)OCCCCCCCCCC. The zero-order valence-electron chi connectivity index (χ0n) is 29.7. The summed E-state index contributed by atoms with van der Waals surface area (Å²) >= 11 is 1.71. The van der Waals surface area contributed by atoms with Crippen molar-refractivity contribution in [1.82, 2.24) is 9.55 Å². The smallest absolute Gasteiger partial charge is 0.384 e. The molecule has 2 unspecified atom stereocenters. The van der Waals surface area contributed by atoms with Gasteiger partial charge in [-0.25, -0.2) is 9.36 Å². The van der Waals surface area contributed by atoms with E-state index in [1.54, 1.807) is 11.8 Å².